The largest absolute Gasteiger partial charge is 0.457 e. The minimum atomic E-state index is -1.74. The first kappa shape index (κ1) is 33.0. The average molecular weight is 459 g/mol. The third-order valence-corrected chi connectivity index (χ3v) is 4.30. The molecule has 7 nitrogen and oxygen atoms in total. The molecule has 0 spiro atoms. The molecule has 1 amide bonds. The van der Waals surface area contributed by atoms with Gasteiger partial charge in [0.25, 0.3) is 5.91 Å². The number of benzene rings is 1. The minimum absolute atomic E-state index is 0.217. The van der Waals surface area contributed by atoms with E-state index in [0.29, 0.717) is 29.9 Å². The monoisotopic (exact) mass is 458 g/mol. The van der Waals surface area contributed by atoms with Crippen molar-refractivity contribution in [2.75, 3.05) is 20.3 Å². The third kappa shape index (κ3) is 14.9. The van der Waals surface area contributed by atoms with E-state index in [1.165, 1.54) is 5.48 Å². The van der Waals surface area contributed by atoms with E-state index >= 15 is 0 Å². The number of hydrogen-bond acceptors (Lipinski definition) is 5. The van der Waals surface area contributed by atoms with Gasteiger partial charge < -0.3 is 9.53 Å². The van der Waals surface area contributed by atoms with Crippen molar-refractivity contribution < 1.29 is 28.1 Å². The topological polar surface area (TPSA) is 95.9 Å². The molecule has 0 heterocycles. The summed E-state index contributed by atoms with van der Waals surface area (Å²) in [5, 5.41) is 8.56. The van der Waals surface area contributed by atoms with E-state index in [-0.39, 0.29) is 13.1 Å². The lowest BCUT2D eigenvalue weighted by Crippen LogP contribution is -2.38. The molecule has 0 aliphatic heterocycles. The number of hydroxylamine groups is 1. The third-order valence-electron chi connectivity index (χ3n) is 2.87. The average Bonchev–Trinajstić information content (AvgIpc) is 2.85. The van der Waals surface area contributed by atoms with E-state index in [1.807, 2.05) is 46.8 Å². The van der Waals surface area contributed by atoms with Gasteiger partial charge in [0, 0.05) is 0 Å². The molecule has 0 bridgehead atoms. The Morgan fingerprint density at radius 3 is 2.19 bits per heavy atom. The molecule has 0 aliphatic rings. The van der Waals surface area contributed by atoms with Crippen LogP contribution in [-0.4, -0.2) is 46.2 Å². The second-order valence-electron chi connectivity index (χ2n) is 4.65. The van der Waals surface area contributed by atoms with Gasteiger partial charge >= 0.3 is 0 Å². The van der Waals surface area contributed by atoms with Crippen molar-refractivity contribution in [2.24, 2.45) is 0 Å². The van der Waals surface area contributed by atoms with Crippen LogP contribution < -0.4 is 10.2 Å². The second-order valence-corrected chi connectivity index (χ2v) is 6.13. The summed E-state index contributed by atoms with van der Waals surface area (Å²) >= 11 is 0. The fourth-order valence-electron chi connectivity index (χ4n) is 1.71. The molecule has 0 aromatic heterocycles. The Labute approximate surface area is 187 Å². The van der Waals surface area contributed by atoms with Crippen LogP contribution in [0.1, 0.15) is 34.6 Å². The Hall–Kier alpha value is -2.62. The molecule has 0 saturated carbocycles. The molecule has 0 saturated heterocycles. The SMILES string of the molecule is C=C/C(=C\C=C/C)Oc1ccc(S(=O)N(CC=O)CC(=O)NO)cc1.CC.CC.CF. The van der Waals surface area contributed by atoms with E-state index in [4.69, 9.17) is 9.94 Å². The number of alkyl halides is 1. The summed E-state index contributed by atoms with van der Waals surface area (Å²) in [4.78, 5) is 22.3. The van der Waals surface area contributed by atoms with Crippen LogP contribution in [-0.2, 0) is 20.6 Å². The van der Waals surface area contributed by atoms with Gasteiger partial charge in [0.2, 0.25) is 0 Å². The summed E-state index contributed by atoms with van der Waals surface area (Å²) in [6.07, 6.45) is 7.50. The normalized spacial score (nSPS) is 10.9. The number of aldehydes is 1. The van der Waals surface area contributed by atoms with Crippen molar-refractivity contribution >= 4 is 23.2 Å². The van der Waals surface area contributed by atoms with Gasteiger partial charge in [-0.25, -0.2) is 14.0 Å². The summed E-state index contributed by atoms with van der Waals surface area (Å²) in [6, 6.07) is 6.36. The van der Waals surface area contributed by atoms with Crippen LogP contribution in [0.5, 0.6) is 5.75 Å². The van der Waals surface area contributed by atoms with E-state index in [2.05, 4.69) is 6.58 Å². The van der Waals surface area contributed by atoms with Crippen molar-refractivity contribution in [2.45, 2.75) is 39.5 Å². The quantitative estimate of drug-likeness (QED) is 0.178. The molecule has 1 aromatic carbocycles. The molecule has 1 atom stereocenters. The maximum Gasteiger partial charge on any atom is 0.258 e. The van der Waals surface area contributed by atoms with E-state index in [0.717, 1.165) is 4.31 Å². The predicted octanol–water partition coefficient (Wildman–Crippen LogP) is 4.38. The van der Waals surface area contributed by atoms with Crippen molar-refractivity contribution in [3.8, 4) is 5.75 Å². The first-order chi connectivity index (χ1) is 15.0. The van der Waals surface area contributed by atoms with Crippen LogP contribution >= 0.6 is 0 Å². The number of carbonyl (C=O) groups is 2. The van der Waals surface area contributed by atoms with Gasteiger partial charge in [0.1, 0.15) is 28.8 Å². The Morgan fingerprint density at radius 1 is 1.23 bits per heavy atom. The Balaban J connectivity index is -0.00000120. The first-order valence-corrected chi connectivity index (χ1v) is 10.8. The number of rotatable bonds is 10. The fraction of sp³-hybridized carbons (Fsp3) is 0.364. The van der Waals surface area contributed by atoms with Gasteiger partial charge in [0.05, 0.1) is 25.2 Å². The van der Waals surface area contributed by atoms with E-state index < -0.39 is 16.9 Å². The smallest absolute Gasteiger partial charge is 0.258 e. The van der Waals surface area contributed by atoms with Gasteiger partial charge in [-0.1, -0.05) is 46.4 Å². The van der Waals surface area contributed by atoms with Gasteiger partial charge in [-0.05, 0) is 43.3 Å². The lowest BCUT2D eigenvalue weighted by atomic mass is 10.3. The number of hydrogen-bond donors (Lipinski definition) is 2. The fourth-order valence-corrected chi connectivity index (χ4v) is 2.81. The number of ether oxygens (including phenoxy) is 1. The molecular weight excluding hydrogens is 423 g/mol. The van der Waals surface area contributed by atoms with Crippen LogP contribution in [0.2, 0.25) is 0 Å². The Morgan fingerprint density at radius 2 is 1.77 bits per heavy atom. The number of carbonyl (C=O) groups excluding carboxylic acids is 2. The maximum atomic E-state index is 12.5. The summed E-state index contributed by atoms with van der Waals surface area (Å²) in [6.45, 7) is 12.9. The van der Waals surface area contributed by atoms with E-state index in [1.54, 1.807) is 36.4 Å². The number of halogens is 1. The standard InChI is InChI=1S/C17H20N2O5S.2C2H6.CH3F/c1-3-5-6-14(4-2)24-15-7-9-16(10-8-15)25(23)19(11-12-20)13-17(21)18-22;3*1-2/h3-10,12,22H,2,11,13H2,1H3,(H,18,21);2*1-2H3;1H3/b5-3-,14-6+;;;. The van der Waals surface area contributed by atoms with Gasteiger partial charge in [-0.15, -0.1) is 0 Å². The van der Waals surface area contributed by atoms with Crippen LogP contribution in [0.15, 0.2) is 65.8 Å². The molecule has 0 radical (unpaired) electrons. The van der Waals surface area contributed by atoms with Crippen LogP contribution in [0.4, 0.5) is 4.39 Å². The second kappa shape index (κ2) is 23.7. The van der Waals surface area contributed by atoms with E-state index in [9.17, 15) is 18.2 Å². The van der Waals surface area contributed by atoms with Gasteiger partial charge in [-0.3, -0.25) is 14.4 Å². The molecule has 0 fully saturated rings. The number of nitrogens with one attached hydrogen (secondary N) is 1. The lowest BCUT2D eigenvalue weighted by Gasteiger charge is -2.17. The molecule has 1 unspecified atom stereocenters. The highest BCUT2D eigenvalue weighted by molar-refractivity contribution is 7.82. The first-order valence-electron chi connectivity index (χ1n) is 9.70. The summed E-state index contributed by atoms with van der Waals surface area (Å²) in [7, 11) is -1.24. The van der Waals surface area contributed by atoms with Crippen LogP contribution in [0.3, 0.4) is 0 Å². The zero-order valence-electron chi connectivity index (χ0n) is 19.1. The van der Waals surface area contributed by atoms with Crippen molar-refractivity contribution in [3.63, 3.8) is 0 Å². The molecule has 1 aromatic rings. The maximum absolute atomic E-state index is 12.5. The molecule has 176 valence electrons. The molecule has 0 aliphatic carbocycles. The summed E-state index contributed by atoms with van der Waals surface area (Å²) in [5.74, 6) is 0.306. The Kier molecular flexibility index (Phi) is 25.2. The van der Waals surface area contributed by atoms with Crippen LogP contribution in [0, 0.1) is 0 Å². The highest BCUT2D eigenvalue weighted by Gasteiger charge is 2.18. The highest BCUT2D eigenvalue weighted by atomic mass is 32.2. The molecule has 2 N–H and O–H groups in total. The van der Waals surface area contributed by atoms with Crippen molar-refractivity contribution in [3.05, 3.63) is 60.9 Å². The zero-order valence-corrected chi connectivity index (χ0v) is 19.9. The lowest BCUT2D eigenvalue weighted by molar-refractivity contribution is -0.129. The summed E-state index contributed by atoms with van der Waals surface area (Å²) in [5.41, 5.74) is 1.44. The Bertz CT molecular complexity index is 692. The number of amides is 1. The van der Waals surface area contributed by atoms with Gasteiger partial charge in [-0.2, -0.15) is 0 Å². The molecule has 1 rings (SSSR count). The molecular formula is C22H35FN2O5S. The molecule has 9 heteroatoms. The highest BCUT2D eigenvalue weighted by Crippen LogP contribution is 2.19. The zero-order chi connectivity index (χ0) is 24.7. The minimum Gasteiger partial charge on any atom is -0.457 e. The molecule has 31 heavy (non-hydrogen) atoms. The number of nitrogens with zero attached hydrogens (tertiary/aromatic N) is 1. The van der Waals surface area contributed by atoms with Crippen molar-refractivity contribution in [1.29, 1.82) is 0 Å². The van der Waals surface area contributed by atoms with Crippen molar-refractivity contribution in [1.82, 2.24) is 9.79 Å². The predicted molar refractivity (Wildman–Crippen MR) is 124 cm³/mol. The summed E-state index contributed by atoms with van der Waals surface area (Å²) < 4.78 is 28.7. The number of allylic oxidation sites excluding steroid dienone is 4. The van der Waals surface area contributed by atoms with Gasteiger partial charge in [0.15, 0.2) is 0 Å². The van der Waals surface area contributed by atoms with Crippen LogP contribution in [0.25, 0.3) is 0 Å².